The SMILES string of the molecule is CCC(N)C(Oc1cc(Cl)ccc1C)c1ccccn1. The van der Waals surface area contributed by atoms with Crippen molar-refractivity contribution in [2.45, 2.75) is 32.4 Å². The molecule has 2 aromatic rings. The van der Waals surface area contributed by atoms with Crippen molar-refractivity contribution in [3.05, 3.63) is 58.9 Å². The highest BCUT2D eigenvalue weighted by Crippen LogP contribution is 2.29. The minimum absolute atomic E-state index is 0.122. The van der Waals surface area contributed by atoms with E-state index in [0.717, 1.165) is 23.4 Å². The second kappa shape index (κ2) is 6.73. The summed E-state index contributed by atoms with van der Waals surface area (Å²) in [4.78, 5) is 4.36. The Morgan fingerprint density at radius 2 is 2.10 bits per heavy atom. The molecule has 0 spiro atoms. The average molecular weight is 291 g/mol. The van der Waals surface area contributed by atoms with E-state index in [1.165, 1.54) is 0 Å². The van der Waals surface area contributed by atoms with E-state index in [1.54, 1.807) is 6.20 Å². The fourth-order valence-corrected chi connectivity index (χ4v) is 2.13. The number of rotatable bonds is 5. The van der Waals surface area contributed by atoms with Crippen LogP contribution in [0.25, 0.3) is 0 Å². The van der Waals surface area contributed by atoms with Crippen LogP contribution in [-0.2, 0) is 0 Å². The second-order valence-corrected chi connectivity index (χ2v) is 5.21. The van der Waals surface area contributed by atoms with Crippen LogP contribution in [0.2, 0.25) is 5.02 Å². The summed E-state index contributed by atoms with van der Waals surface area (Å²) in [6.07, 6.45) is 2.28. The molecule has 0 saturated carbocycles. The van der Waals surface area contributed by atoms with Gasteiger partial charge >= 0.3 is 0 Å². The Kier molecular flexibility index (Phi) is 4.99. The van der Waals surface area contributed by atoms with Crippen molar-refractivity contribution in [3.8, 4) is 5.75 Å². The van der Waals surface area contributed by atoms with Crippen LogP contribution in [0.4, 0.5) is 0 Å². The van der Waals surface area contributed by atoms with Crippen molar-refractivity contribution in [1.82, 2.24) is 4.98 Å². The van der Waals surface area contributed by atoms with Crippen LogP contribution in [-0.4, -0.2) is 11.0 Å². The molecule has 0 aliphatic rings. The first kappa shape index (κ1) is 14.8. The fourth-order valence-electron chi connectivity index (χ4n) is 1.96. The third-order valence-electron chi connectivity index (χ3n) is 3.24. The molecule has 2 atom stereocenters. The summed E-state index contributed by atoms with van der Waals surface area (Å²) < 4.78 is 6.09. The van der Waals surface area contributed by atoms with E-state index in [4.69, 9.17) is 22.1 Å². The number of benzene rings is 1. The number of nitrogens with zero attached hydrogens (tertiary/aromatic N) is 1. The number of ether oxygens (including phenoxy) is 1. The van der Waals surface area contributed by atoms with Gasteiger partial charge in [0.15, 0.2) is 6.10 Å². The van der Waals surface area contributed by atoms with E-state index in [1.807, 2.05) is 50.2 Å². The molecular weight excluding hydrogens is 272 g/mol. The summed E-state index contributed by atoms with van der Waals surface area (Å²) in [5, 5.41) is 0.649. The summed E-state index contributed by atoms with van der Waals surface area (Å²) in [7, 11) is 0. The summed E-state index contributed by atoms with van der Waals surface area (Å²) in [5.74, 6) is 0.747. The van der Waals surface area contributed by atoms with Gasteiger partial charge in [-0.15, -0.1) is 0 Å². The summed E-state index contributed by atoms with van der Waals surface area (Å²) in [5.41, 5.74) is 8.05. The number of hydrogen-bond acceptors (Lipinski definition) is 3. The molecule has 0 bridgehead atoms. The normalized spacial score (nSPS) is 13.8. The van der Waals surface area contributed by atoms with Gasteiger partial charge in [-0.3, -0.25) is 4.98 Å². The summed E-state index contributed by atoms with van der Waals surface area (Å²) >= 11 is 6.03. The number of aromatic nitrogens is 1. The topological polar surface area (TPSA) is 48.1 Å². The van der Waals surface area contributed by atoms with Gasteiger partial charge < -0.3 is 10.5 Å². The van der Waals surface area contributed by atoms with Crippen LogP contribution in [0.1, 0.15) is 30.7 Å². The van der Waals surface area contributed by atoms with Gasteiger partial charge in [-0.1, -0.05) is 30.7 Å². The molecule has 1 heterocycles. The van der Waals surface area contributed by atoms with Crippen LogP contribution < -0.4 is 10.5 Å². The van der Waals surface area contributed by atoms with Gasteiger partial charge in [0.2, 0.25) is 0 Å². The molecule has 0 aliphatic heterocycles. The molecule has 3 nitrogen and oxygen atoms in total. The lowest BCUT2D eigenvalue weighted by atomic mass is 10.1. The van der Waals surface area contributed by atoms with Gasteiger partial charge in [0.1, 0.15) is 5.75 Å². The molecule has 1 aromatic heterocycles. The fraction of sp³-hybridized carbons (Fsp3) is 0.312. The van der Waals surface area contributed by atoms with Crippen LogP contribution in [0.5, 0.6) is 5.75 Å². The lowest BCUT2D eigenvalue weighted by molar-refractivity contribution is 0.165. The van der Waals surface area contributed by atoms with E-state index in [2.05, 4.69) is 4.98 Å². The predicted octanol–water partition coefficient (Wildman–Crippen LogP) is 3.90. The molecule has 0 aliphatic carbocycles. The zero-order valence-corrected chi connectivity index (χ0v) is 12.5. The van der Waals surface area contributed by atoms with Gasteiger partial charge in [0.05, 0.1) is 5.69 Å². The first-order valence-electron chi connectivity index (χ1n) is 6.71. The number of hydrogen-bond donors (Lipinski definition) is 1. The highest BCUT2D eigenvalue weighted by molar-refractivity contribution is 6.30. The highest BCUT2D eigenvalue weighted by atomic mass is 35.5. The van der Waals surface area contributed by atoms with Crippen LogP contribution in [0.3, 0.4) is 0 Å². The van der Waals surface area contributed by atoms with Gasteiger partial charge in [-0.25, -0.2) is 0 Å². The van der Waals surface area contributed by atoms with Crippen molar-refractivity contribution >= 4 is 11.6 Å². The van der Waals surface area contributed by atoms with E-state index in [9.17, 15) is 0 Å². The van der Waals surface area contributed by atoms with Crippen molar-refractivity contribution < 1.29 is 4.74 Å². The Hall–Kier alpha value is -1.58. The third-order valence-corrected chi connectivity index (χ3v) is 3.48. The minimum atomic E-state index is -0.279. The van der Waals surface area contributed by atoms with Gasteiger partial charge in [0, 0.05) is 17.3 Å². The molecule has 0 radical (unpaired) electrons. The first-order chi connectivity index (χ1) is 9.61. The maximum Gasteiger partial charge on any atom is 0.155 e. The molecule has 2 unspecified atom stereocenters. The second-order valence-electron chi connectivity index (χ2n) is 4.77. The zero-order chi connectivity index (χ0) is 14.5. The Bertz CT molecular complexity index is 560. The van der Waals surface area contributed by atoms with Crippen LogP contribution in [0, 0.1) is 6.92 Å². The molecule has 20 heavy (non-hydrogen) atoms. The van der Waals surface area contributed by atoms with Crippen molar-refractivity contribution in [1.29, 1.82) is 0 Å². The van der Waals surface area contributed by atoms with E-state index >= 15 is 0 Å². The molecule has 2 rings (SSSR count). The number of pyridine rings is 1. The Morgan fingerprint density at radius 1 is 1.30 bits per heavy atom. The maximum atomic E-state index is 6.19. The van der Waals surface area contributed by atoms with Crippen molar-refractivity contribution in [2.75, 3.05) is 0 Å². The lowest BCUT2D eigenvalue weighted by Gasteiger charge is -2.24. The standard InChI is InChI=1S/C16H19ClN2O/c1-3-13(18)16(14-6-4-5-9-19-14)20-15-10-12(17)8-7-11(15)2/h4-10,13,16H,3,18H2,1-2H3. The Morgan fingerprint density at radius 3 is 2.75 bits per heavy atom. The predicted molar refractivity (Wildman–Crippen MR) is 82.1 cm³/mol. The number of nitrogens with two attached hydrogens (primary N) is 1. The number of aryl methyl sites for hydroxylation is 1. The Labute approximate surface area is 124 Å². The molecule has 0 saturated heterocycles. The first-order valence-corrected chi connectivity index (χ1v) is 7.09. The van der Waals surface area contributed by atoms with E-state index < -0.39 is 0 Å². The van der Waals surface area contributed by atoms with E-state index in [0.29, 0.717) is 5.02 Å². The number of halogens is 1. The van der Waals surface area contributed by atoms with Crippen LogP contribution in [0.15, 0.2) is 42.6 Å². The molecule has 1 aromatic carbocycles. The third kappa shape index (κ3) is 3.50. The Balaban J connectivity index is 2.31. The van der Waals surface area contributed by atoms with Gasteiger partial charge in [0.25, 0.3) is 0 Å². The quantitative estimate of drug-likeness (QED) is 0.908. The monoisotopic (exact) mass is 290 g/mol. The average Bonchev–Trinajstić information content (AvgIpc) is 2.48. The maximum absolute atomic E-state index is 6.19. The molecule has 2 N–H and O–H groups in total. The largest absolute Gasteiger partial charge is 0.482 e. The smallest absolute Gasteiger partial charge is 0.155 e. The van der Waals surface area contributed by atoms with Gasteiger partial charge in [-0.05, 0) is 43.2 Å². The summed E-state index contributed by atoms with van der Waals surface area (Å²) in [6, 6.07) is 11.2. The molecular formula is C16H19ClN2O. The summed E-state index contributed by atoms with van der Waals surface area (Å²) in [6.45, 7) is 4.02. The van der Waals surface area contributed by atoms with Gasteiger partial charge in [-0.2, -0.15) is 0 Å². The lowest BCUT2D eigenvalue weighted by Crippen LogP contribution is -2.32. The van der Waals surface area contributed by atoms with Crippen molar-refractivity contribution in [2.24, 2.45) is 5.73 Å². The highest BCUT2D eigenvalue weighted by Gasteiger charge is 2.22. The van der Waals surface area contributed by atoms with Crippen LogP contribution >= 0.6 is 11.6 Å². The molecule has 0 fully saturated rings. The zero-order valence-electron chi connectivity index (χ0n) is 11.7. The molecule has 106 valence electrons. The molecule has 4 heteroatoms. The van der Waals surface area contributed by atoms with E-state index in [-0.39, 0.29) is 12.1 Å². The van der Waals surface area contributed by atoms with Crippen molar-refractivity contribution in [3.63, 3.8) is 0 Å². The molecule has 0 amide bonds. The minimum Gasteiger partial charge on any atom is -0.482 e.